The van der Waals surface area contributed by atoms with Gasteiger partial charge in [-0.2, -0.15) is 0 Å². The van der Waals surface area contributed by atoms with Crippen LogP contribution in [0.2, 0.25) is 0 Å². The molecule has 0 N–H and O–H groups in total. The first kappa shape index (κ1) is 18.3. The summed E-state index contributed by atoms with van der Waals surface area (Å²) in [4.78, 5) is 23.6. The lowest BCUT2D eigenvalue weighted by atomic mass is 9.75. The van der Waals surface area contributed by atoms with Crippen molar-refractivity contribution in [3.63, 3.8) is 0 Å². The van der Waals surface area contributed by atoms with Crippen LogP contribution in [0.1, 0.15) is 45.8 Å². The molecule has 1 saturated carbocycles. The van der Waals surface area contributed by atoms with E-state index in [4.69, 9.17) is 13.9 Å². The minimum Gasteiger partial charge on any atom is -0.465 e. The van der Waals surface area contributed by atoms with Crippen LogP contribution in [-0.2, 0) is 19.1 Å². The van der Waals surface area contributed by atoms with E-state index in [-0.39, 0.29) is 12.7 Å². The third-order valence-corrected chi connectivity index (χ3v) is 4.50. The fraction of sp³-hybridized carbons (Fsp3) is 0.579. The molecule has 1 aliphatic rings. The van der Waals surface area contributed by atoms with Gasteiger partial charge in [0.05, 0.1) is 6.26 Å². The van der Waals surface area contributed by atoms with Crippen LogP contribution in [0.3, 0.4) is 0 Å². The monoisotopic (exact) mass is 334 g/mol. The third-order valence-electron chi connectivity index (χ3n) is 4.50. The smallest absolute Gasteiger partial charge is 0.344 e. The van der Waals surface area contributed by atoms with Crippen molar-refractivity contribution in [2.75, 3.05) is 6.61 Å². The summed E-state index contributed by atoms with van der Waals surface area (Å²) in [6, 6.07) is 3.44. The van der Waals surface area contributed by atoms with Crippen LogP contribution in [0, 0.1) is 17.8 Å². The largest absolute Gasteiger partial charge is 0.465 e. The van der Waals surface area contributed by atoms with E-state index in [1.54, 1.807) is 12.1 Å². The summed E-state index contributed by atoms with van der Waals surface area (Å²) in [7, 11) is 0. The Labute approximate surface area is 143 Å². The molecule has 0 unspecified atom stereocenters. The van der Waals surface area contributed by atoms with Gasteiger partial charge >= 0.3 is 11.9 Å². The molecule has 0 bridgehead atoms. The van der Waals surface area contributed by atoms with Gasteiger partial charge in [-0.15, -0.1) is 0 Å². The number of carbonyl (C=O) groups excluding carboxylic acids is 2. The number of furan rings is 1. The van der Waals surface area contributed by atoms with Crippen molar-refractivity contribution in [1.82, 2.24) is 0 Å². The van der Waals surface area contributed by atoms with Gasteiger partial charge in [-0.25, -0.2) is 9.59 Å². The first-order chi connectivity index (χ1) is 11.5. The normalized spacial score (nSPS) is 24.2. The van der Waals surface area contributed by atoms with Gasteiger partial charge in [-0.05, 0) is 48.8 Å². The van der Waals surface area contributed by atoms with Gasteiger partial charge in [-0.3, -0.25) is 0 Å². The lowest BCUT2D eigenvalue weighted by Gasteiger charge is -2.36. The molecule has 5 heteroatoms. The van der Waals surface area contributed by atoms with Gasteiger partial charge in [0.25, 0.3) is 0 Å². The van der Waals surface area contributed by atoms with Gasteiger partial charge in [0.1, 0.15) is 11.9 Å². The zero-order valence-electron chi connectivity index (χ0n) is 14.6. The maximum atomic E-state index is 12.0. The zero-order chi connectivity index (χ0) is 17.5. The molecule has 132 valence electrons. The topological polar surface area (TPSA) is 65.7 Å². The van der Waals surface area contributed by atoms with Crippen LogP contribution >= 0.6 is 0 Å². The average Bonchev–Trinajstić information content (AvgIpc) is 3.04. The predicted molar refractivity (Wildman–Crippen MR) is 89.9 cm³/mol. The van der Waals surface area contributed by atoms with Gasteiger partial charge in [0, 0.05) is 6.08 Å². The summed E-state index contributed by atoms with van der Waals surface area (Å²) in [5, 5.41) is 0. The van der Waals surface area contributed by atoms with Crippen molar-refractivity contribution in [2.45, 2.75) is 46.1 Å². The summed E-state index contributed by atoms with van der Waals surface area (Å²) in [5.74, 6) is 0.858. The van der Waals surface area contributed by atoms with Gasteiger partial charge in [-0.1, -0.05) is 27.2 Å². The van der Waals surface area contributed by atoms with Crippen LogP contribution < -0.4 is 0 Å². The number of hydrogen-bond donors (Lipinski definition) is 0. The highest BCUT2D eigenvalue weighted by atomic mass is 16.6. The quantitative estimate of drug-likeness (QED) is 0.584. The number of rotatable bonds is 6. The summed E-state index contributed by atoms with van der Waals surface area (Å²) in [6.07, 6.45) is 7.27. The number of carbonyl (C=O) groups is 2. The highest BCUT2D eigenvalue weighted by Crippen LogP contribution is 2.35. The maximum Gasteiger partial charge on any atom is 0.344 e. The van der Waals surface area contributed by atoms with Crippen LogP contribution in [0.15, 0.2) is 28.9 Å². The molecule has 0 spiro atoms. The van der Waals surface area contributed by atoms with Crippen molar-refractivity contribution in [3.8, 4) is 0 Å². The van der Waals surface area contributed by atoms with E-state index < -0.39 is 11.9 Å². The Hall–Kier alpha value is -2.04. The predicted octanol–water partition coefficient (Wildman–Crippen LogP) is 3.84. The van der Waals surface area contributed by atoms with Crippen LogP contribution in [0.25, 0.3) is 6.08 Å². The molecule has 5 nitrogen and oxygen atoms in total. The van der Waals surface area contributed by atoms with E-state index in [9.17, 15) is 9.59 Å². The van der Waals surface area contributed by atoms with E-state index in [0.29, 0.717) is 23.5 Å². The molecule has 1 heterocycles. The Kier molecular flexibility index (Phi) is 6.64. The summed E-state index contributed by atoms with van der Waals surface area (Å²) >= 11 is 0. The molecular formula is C19H26O5. The Morgan fingerprint density at radius 2 is 2.17 bits per heavy atom. The van der Waals surface area contributed by atoms with Gasteiger partial charge < -0.3 is 13.9 Å². The van der Waals surface area contributed by atoms with Crippen molar-refractivity contribution in [3.05, 3.63) is 30.2 Å². The standard InChI is InChI=1S/C19H26O5/c1-13(2)16-8-6-14(3)11-17(16)24-19(21)12-23-18(20)9-7-15-5-4-10-22-15/h4-5,7,9-10,13-14,16-17H,6,8,11-12H2,1-3H3/b9-7+/t14-,16+,17+/m0/s1. The molecule has 0 aromatic carbocycles. The number of esters is 2. The molecule has 1 aromatic rings. The van der Waals surface area contributed by atoms with E-state index in [1.165, 1.54) is 24.8 Å². The highest BCUT2D eigenvalue weighted by molar-refractivity contribution is 5.88. The second kappa shape index (κ2) is 8.71. The maximum absolute atomic E-state index is 12.0. The molecule has 2 rings (SSSR count). The van der Waals surface area contributed by atoms with Crippen molar-refractivity contribution < 1.29 is 23.5 Å². The molecule has 0 amide bonds. The van der Waals surface area contributed by atoms with Crippen molar-refractivity contribution in [1.29, 1.82) is 0 Å². The Morgan fingerprint density at radius 3 is 2.83 bits per heavy atom. The summed E-state index contributed by atoms with van der Waals surface area (Å²) < 4.78 is 15.6. The second-order valence-corrected chi connectivity index (χ2v) is 6.81. The molecule has 1 aliphatic carbocycles. The van der Waals surface area contributed by atoms with Crippen LogP contribution in [0.4, 0.5) is 0 Å². The average molecular weight is 334 g/mol. The van der Waals surface area contributed by atoms with Crippen LogP contribution in [0.5, 0.6) is 0 Å². The van der Waals surface area contributed by atoms with E-state index in [1.807, 2.05) is 0 Å². The lowest BCUT2D eigenvalue weighted by Crippen LogP contribution is -2.36. The van der Waals surface area contributed by atoms with Gasteiger partial charge in [0.15, 0.2) is 6.61 Å². The molecule has 0 radical (unpaired) electrons. The molecule has 3 atom stereocenters. The molecule has 0 aliphatic heterocycles. The lowest BCUT2D eigenvalue weighted by molar-refractivity contribution is -0.165. The summed E-state index contributed by atoms with van der Waals surface area (Å²) in [6.45, 7) is 6.12. The van der Waals surface area contributed by atoms with Crippen molar-refractivity contribution in [2.24, 2.45) is 17.8 Å². The Bertz CT molecular complexity index is 558. The SMILES string of the molecule is CC(C)[C@H]1CC[C@H](C)C[C@H]1OC(=O)COC(=O)/C=C/c1ccco1. The van der Waals surface area contributed by atoms with Crippen molar-refractivity contribution >= 4 is 18.0 Å². The first-order valence-electron chi connectivity index (χ1n) is 8.53. The fourth-order valence-electron chi connectivity index (χ4n) is 3.17. The molecule has 0 saturated heterocycles. The van der Waals surface area contributed by atoms with Crippen LogP contribution in [-0.4, -0.2) is 24.6 Å². The minimum atomic E-state index is -0.597. The summed E-state index contributed by atoms with van der Waals surface area (Å²) in [5.41, 5.74) is 0. The molecular weight excluding hydrogens is 308 g/mol. The van der Waals surface area contributed by atoms with Gasteiger partial charge in [0.2, 0.25) is 0 Å². The van der Waals surface area contributed by atoms with E-state index in [0.717, 1.165) is 12.8 Å². The van der Waals surface area contributed by atoms with E-state index in [2.05, 4.69) is 20.8 Å². The molecule has 24 heavy (non-hydrogen) atoms. The Balaban J connectivity index is 1.78. The third kappa shape index (κ3) is 5.55. The molecule has 1 aromatic heterocycles. The zero-order valence-corrected chi connectivity index (χ0v) is 14.6. The minimum absolute atomic E-state index is 0.0846. The second-order valence-electron chi connectivity index (χ2n) is 6.81. The highest BCUT2D eigenvalue weighted by Gasteiger charge is 2.33. The number of hydrogen-bond acceptors (Lipinski definition) is 5. The Morgan fingerprint density at radius 1 is 1.38 bits per heavy atom. The molecule has 1 fully saturated rings. The fourth-order valence-corrected chi connectivity index (χ4v) is 3.17. The van der Waals surface area contributed by atoms with E-state index >= 15 is 0 Å². The number of ether oxygens (including phenoxy) is 2. The first-order valence-corrected chi connectivity index (χ1v) is 8.53.